The van der Waals surface area contributed by atoms with Gasteiger partial charge in [-0.3, -0.25) is 4.79 Å². The van der Waals surface area contributed by atoms with Gasteiger partial charge in [-0.05, 0) is 12.8 Å². The maximum atomic E-state index is 10.8. The Hall–Kier alpha value is -1.01. The highest BCUT2D eigenvalue weighted by molar-refractivity contribution is 5.85. The molecule has 0 aromatic heterocycles. The third-order valence-electron chi connectivity index (χ3n) is 1.50. The summed E-state index contributed by atoms with van der Waals surface area (Å²) in [4.78, 5) is 21.0. The van der Waals surface area contributed by atoms with Gasteiger partial charge in [0.15, 0.2) is 0 Å². The monoisotopic (exact) mass is 225 g/mol. The molecular weight excluding hydrogens is 210 g/mol. The molecule has 0 aliphatic carbocycles. The maximum absolute atomic E-state index is 10.8. The third-order valence-corrected chi connectivity index (χ3v) is 1.50. The summed E-state index contributed by atoms with van der Waals surface area (Å²) in [5.41, 5.74) is 10.2. The van der Waals surface area contributed by atoms with Gasteiger partial charge in [-0.1, -0.05) is 0 Å². The molecule has 0 aliphatic rings. The highest BCUT2D eigenvalue weighted by atomic mass is 35.5. The number of amides is 2. The number of esters is 1. The van der Waals surface area contributed by atoms with Crippen molar-refractivity contribution in [3.63, 3.8) is 0 Å². The Morgan fingerprint density at radius 2 is 2.07 bits per heavy atom. The van der Waals surface area contributed by atoms with Crippen molar-refractivity contribution >= 4 is 24.4 Å². The van der Waals surface area contributed by atoms with Crippen LogP contribution in [0.5, 0.6) is 0 Å². The molecule has 0 bridgehead atoms. The molecule has 0 fully saturated rings. The number of nitrogens with one attached hydrogen (secondary N) is 1. The first-order valence-electron chi connectivity index (χ1n) is 3.94. The fourth-order valence-electron chi connectivity index (χ4n) is 0.803. The van der Waals surface area contributed by atoms with Crippen molar-refractivity contribution in [3.05, 3.63) is 0 Å². The molecule has 0 heterocycles. The number of urea groups is 1. The van der Waals surface area contributed by atoms with E-state index in [2.05, 4.69) is 10.1 Å². The number of carbonyl (C=O) groups excluding carboxylic acids is 2. The number of halogens is 1. The lowest BCUT2D eigenvalue weighted by Crippen LogP contribution is -2.34. The van der Waals surface area contributed by atoms with Crippen LogP contribution < -0.4 is 16.8 Å². The molecule has 2 amide bonds. The average molecular weight is 226 g/mol. The summed E-state index contributed by atoms with van der Waals surface area (Å²) in [6, 6.07) is -1.20. The molecule has 0 aliphatic heterocycles. The van der Waals surface area contributed by atoms with Crippen molar-refractivity contribution in [2.75, 3.05) is 13.7 Å². The van der Waals surface area contributed by atoms with E-state index in [4.69, 9.17) is 11.5 Å². The minimum Gasteiger partial charge on any atom is -0.468 e. The summed E-state index contributed by atoms with van der Waals surface area (Å²) in [6.45, 7) is 0.417. The highest BCUT2D eigenvalue weighted by Gasteiger charge is 2.12. The number of primary amides is 1. The van der Waals surface area contributed by atoms with E-state index in [0.29, 0.717) is 19.4 Å². The third kappa shape index (κ3) is 7.63. The van der Waals surface area contributed by atoms with Gasteiger partial charge in [-0.2, -0.15) is 0 Å². The van der Waals surface area contributed by atoms with Gasteiger partial charge in [0, 0.05) is 6.54 Å². The molecule has 14 heavy (non-hydrogen) atoms. The smallest absolute Gasteiger partial charge is 0.322 e. The number of methoxy groups -OCH3 is 1. The minimum atomic E-state index is -0.625. The second-order valence-corrected chi connectivity index (χ2v) is 2.56. The predicted molar refractivity (Wildman–Crippen MR) is 54.1 cm³/mol. The molecule has 0 spiro atoms. The molecule has 0 radical (unpaired) electrons. The predicted octanol–water partition coefficient (Wildman–Crippen LogP) is -0.643. The van der Waals surface area contributed by atoms with Gasteiger partial charge in [0.2, 0.25) is 0 Å². The summed E-state index contributed by atoms with van der Waals surface area (Å²) in [5, 5.41) is 2.39. The van der Waals surface area contributed by atoms with Crippen molar-refractivity contribution in [3.8, 4) is 0 Å². The van der Waals surface area contributed by atoms with Crippen LogP contribution in [-0.4, -0.2) is 31.7 Å². The maximum Gasteiger partial charge on any atom is 0.322 e. The van der Waals surface area contributed by atoms with Crippen LogP contribution in [0.15, 0.2) is 0 Å². The van der Waals surface area contributed by atoms with Gasteiger partial charge < -0.3 is 21.5 Å². The zero-order valence-corrected chi connectivity index (χ0v) is 8.80. The van der Waals surface area contributed by atoms with Crippen molar-refractivity contribution in [1.82, 2.24) is 5.32 Å². The van der Waals surface area contributed by atoms with Crippen molar-refractivity contribution in [2.24, 2.45) is 11.5 Å². The summed E-state index contributed by atoms with van der Waals surface area (Å²) in [7, 11) is 1.28. The second-order valence-electron chi connectivity index (χ2n) is 2.56. The summed E-state index contributed by atoms with van der Waals surface area (Å²) in [5.74, 6) is -0.445. The zero-order valence-electron chi connectivity index (χ0n) is 7.99. The van der Waals surface area contributed by atoms with Crippen molar-refractivity contribution in [1.29, 1.82) is 0 Å². The Balaban J connectivity index is 0. The van der Waals surface area contributed by atoms with E-state index in [0.717, 1.165) is 0 Å². The normalized spacial score (nSPS) is 11.0. The summed E-state index contributed by atoms with van der Waals surface area (Å²) >= 11 is 0. The molecule has 0 aromatic carbocycles. The fourth-order valence-corrected chi connectivity index (χ4v) is 0.803. The van der Waals surface area contributed by atoms with E-state index < -0.39 is 18.0 Å². The molecular formula is C7H16ClN3O3. The van der Waals surface area contributed by atoms with Gasteiger partial charge in [0.05, 0.1) is 7.11 Å². The molecule has 0 saturated carbocycles. The number of hydrogen-bond donors (Lipinski definition) is 3. The van der Waals surface area contributed by atoms with E-state index in [1.54, 1.807) is 0 Å². The molecule has 84 valence electrons. The van der Waals surface area contributed by atoms with Gasteiger partial charge in [-0.15, -0.1) is 12.4 Å². The molecule has 6 nitrogen and oxygen atoms in total. The number of carbonyl (C=O) groups is 2. The second kappa shape index (κ2) is 8.58. The van der Waals surface area contributed by atoms with E-state index in [1.807, 2.05) is 0 Å². The number of ether oxygens (including phenoxy) is 1. The number of rotatable bonds is 5. The van der Waals surface area contributed by atoms with Crippen LogP contribution in [0, 0.1) is 0 Å². The Morgan fingerprint density at radius 1 is 1.50 bits per heavy atom. The first-order valence-corrected chi connectivity index (χ1v) is 3.94. The van der Waals surface area contributed by atoms with E-state index in [9.17, 15) is 9.59 Å². The van der Waals surface area contributed by atoms with Crippen LogP contribution in [0.3, 0.4) is 0 Å². The first-order chi connectivity index (χ1) is 6.07. The Morgan fingerprint density at radius 3 is 2.50 bits per heavy atom. The molecule has 1 atom stereocenters. The highest BCUT2D eigenvalue weighted by Crippen LogP contribution is 1.94. The molecule has 5 N–H and O–H groups in total. The quantitative estimate of drug-likeness (QED) is 0.427. The van der Waals surface area contributed by atoms with Crippen molar-refractivity contribution in [2.45, 2.75) is 18.9 Å². The first kappa shape index (κ1) is 15.5. The Kier molecular flexibility index (Phi) is 9.48. The number of nitrogens with two attached hydrogens (primary N) is 2. The lowest BCUT2D eigenvalue weighted by atomic mass is 10.2. The molecule has 0 unspecified atom stereocenters. The van der Waals surface area contributed by atoms with Crippen LogP contribution in [0.1, 0.15) is 12.8 Å². The fraction of sp³-hybridized carbons (Fsp3) is 0.714. The summed E-state index contributed by atoms with van der Waals surface area (Å²) in [6.07, 6.45) is 1.06. The van der Waals surface area contributed by atoms with Gasteiger partial charge in [0.1, 0.15) is 6.04 Å². The van der Waals surface area contributed by atoms with Crippen LogP contribution in [0.25, 0.3) is 0 Å². The van der Waals surface area contributed by atoms with Crippen LogP contribution >= 0.6 is 12.4 Å². The lowest BCUT2D eigenvalue weighted by molar-refractivity contribution is -0.142. The topological polar surface area (TPSA) is 107 Å². The van der Waals surface area contributed by atoms with Crippen LogP contribution in [-0.2, 0) is 9.53 Å². The Labute approximate surface area is 88.7 Å². The van der Waals surface area contributed by atoms with Crippen molar-refractivity contribution < 1.29 is 14.3 Å². The Bertz CT molecular complexity index is 189. The molecule has 7 heteroatoms. The molecule has 0 saturated heterocycles. The van der Waals surface area contributed by atoms with Crippen LogP contribution in [0.4, 0.5) is 4.79 Å². The molecule has 0 rings (SSSR count). The minimum absolute atomic E-state index is 0. The van der Waals surface area contributed by atoms with Gasteiger partial charge in [0.25, 0.3) is 0 Å². The van der Waals surface area contributed by atoms with E-state index >= 15 is 0 Å². The zero-order chi connectivity index (χ0) is 10.3. The number of hydrogen-bond acceptors (Lipinski definition) is 4. The van der Waals surface area contributed by atoms with E-state index in [1.165, 1.54) is 7.11 Å². The van der Waals surface area contributed by atoms with E-state index in [-0.39, 0.29) is 12.4 Å². The molecule has 0 aromatic rings. The SMILES string of the molecule is COC(=O)[C@H](N)CCCNC(N)=O.Cl. The average Bonchev–Trinajstić information content (AvgIpc) is 2.10. The van der Waals surface area contributed by atoms with Gasteiger partial charge in [-0.25, -0.2) is 4.79 Å². The standard InChI is InChI=1S/C7H15N3O3.ClH/c1-13-6(11)5(8)3-2-4-10-7(9)12;/h5H,2-4,8H2,1H3,(H3,9,10,12);1H/t5-;/m1./s1. The van der Waals surface area contributed by atoms with Crippen LogP contribution in [0.2, 0.25) is 0 Å². The lowest BCUT2D eigenvalue weighted by Gasteiger charge is -2.08. The van der Waals surface area contributed by atoms with Gasteiger partial charge >= 0.3 is 12.0 Å². The summed E-state index contributed by atoms with van der Waals surface area (Å²) < 4.78 is 4.41. The largest absolute Gasteiger partial charge is 0.468 e.